The lowest BCUT2D eigenvalue weighted by Gasteiger charge is -2.30. The number of hydrogen-bond acceptors (Lipinski definition) is 3. The summed E-state index contributed by atoms with van der Waals surface area (Å²) in [5.41, 5.74) is 2.11. The molecule has 19 heavy (non-hydrogen) atoms. The Bertz CT molecular complexity index is 589. The van der Waals surface area contributed by atoms with E-state index in [2.05, 4.69) is 6.92 Å². The number of ether oxygens (including phenoxy) is 1. The van der Waals surface area contributed by atoms with Crippen molar-refractivity contribution in [3.05, 3.63) is 53.6 Å². The van der Waals surface area contributed by atoms with Crippen LogP contribution in [0.15, 0.2) is 42.5 Å². The Morgan fingerprint density at radius 1 is 1.00 bits per heavy atom. The maximum Gasteiger partial charge on any atom is 0.124 e. The second kappa shape index (κ2) is 4.50. The monoisotopic (exact) mass is 256 g/mol. The average molecular weight is 256 g/mol. The summed E-state index contributed by atoms with van der Waals surface area (Å²) >= 11 is 0. The van der Waals surface area contributed by atoms with E-state index in [0.29, 0.717) is 5.92 Å². The van der Waals surface area contributed by atoms with E-state index >= 15 is 0 Å². The van der Waals surface area contributed by atoms with Crippen LogP contribution >= 0.6 is 0 Å². The number of benzene rings is 2. The molecular formula is C16H16O3. The molecule has 2 N–H and O–H groups in total. The molecule has 0 bridgehead atoms. The van der Waals surface area contributed by atoms with E-state index in [0.717, 1.165) is 23.3 Å². The summed E-state index contributed by atoms with van der Waals surface area (Å²) in [5, 5.41) is 18.9. The van der Waals surface area contributed by atoms with Crippen LogP contribution in [0.5, 0.6) is 17.2 Å². The molecule has 2 aromatic rings. The molecule has 3 heteroatoms. The number of hydrogen-bond donors (Lipinski definition) is 2. The van der Waals surface area contributed by atoms with E-state index in [-0.39, 0.29) is 17.6 Å². The number of aromatic hydroxyl groups is 2. The fraction of sp³-hybridized carbons (Fsp3) is 0.250. The Hall–Kier alpha value is -2.16. The highest BCUT2D eigenvalue weighted by molar-refractivity contribution is 5.44. The third kappa shape index (κ3) is 2.24. The molecule has 1 aliphatic rings. The number of fused-ring (bicyclic) bond motifs is 1. The van der Waals surface area contributed by atoms with Crippen LogP contribution in [0.1, 0.15) is 36.5 Å². The molecule has 0 radical (unpaired) electrons. The molecule has 0 fully saturated rings. The Morgan fingerprint density at radius 2 is 1.68 bits per heavy atom. The van der Waals surface area contributed by atoms with E-state index in [9.17, 15) is 10.2 Å². The van der Waals surface area contributed by atoms with Crippen LogP contribution in [0, 0.1) is 0 Å². The van der Waals surface area contributed by atoms with Crippen molar-refractivity contribution in [2.24, 2.45) is 0 Å². The normalized spacial score (nSPS) is 21.5. The Labute approximate surface area is 112 Å². The van der Waals surface area contributed by atoms with Gasteiger partial charge in [-0.05, 0) is 48.2 Å². The predicted octanol–water partition coefficient (Wildman–Crippen LogP) is 3.73. The zero-order valence-corrected chi connectivity index (χ0v) is 10.7. The van der Waals surface area contributed by atoms with Crippen molar-refractivity contribution < 1.29 is 14.9 Å². The molecule has 98 valence electrons. The van der Waals surface area contributed by atoms with Gasteiger partial charge in [0.15, 0.2) is 0 Å². The first kappa shape index (κ1) is 11.9. The minimum Gasteiger partial charge on any atom is -0.508 e. The molecule has 0 amide bonds. The lowest BCUT2D eigenvalue weighted by atomic mass is 9.89. The molecule has 2 unspecified atom stereocenters. The molecule has 0 saturated carbocycles. The molecule has 3 nitrogen and oxygen atoms in total. The zero-order chi connectivity index (χ0) is 13.4. The van der Waals surface area contributed by atoms with Gasteiger partial charge in [0.1, 0.15) is 23.4 Å². The van der Waals surface area contributed by atoms with Crippen LogP contribution in [0.2, 0.25) is 0 Å². The molecule has 1 aliphatic heterocycles. The molecular weight excluding hydrogens is 240 g/mol. The van der Waals surface area contributed by atoms with Gasteiger partial charge < -0.3 is 14.9 Å². The average Bonchev–Trinajstić information content (AvgIpc) is 2.40. The third-order valence-corrected chi connectivity index (χ3v) is 3.63. The summed E-state index contributed by atoms with van der Waals surface area (Å²) < 4.78 is 5.99. The largest absolute Gasteiger partial charge is 0.508 e. The SMILES string of the molecule is CC1CC(c2ccc(O)cc2)Oc2ccc(O)cc21. The standard InChI is InChI=1S/C16H16O3/c1-10-8-16(11-2-4-12(17)5-3-11)19-15-7-6-13(18)9-14(10)15/h2-7,9-10,16-18H,8H2,1H3. The topological polar surface area (TPSA) is 49.7 Å². The van der Waals surface area contributed by atoms with Gasteiger partial charge in [-0.25, -0.2) is 0 Å². The van der Waals surface area contributed by atoms with Crippen molar-refractivity contribution in [1.29, 1.82) is 0 Å². The van der Waals surface area contributed by atoms with Gasteiger partial charge in [0.25, 0.3) is 0 Å². The first-order valence-electron chi connectivity index (χ1n) is 6.42. The second-order valence-corrected chi connectivity index (χ2v) is 5.06. The molecule has 2 aromatic carbocycles. The molecule has 0 saturated heterocycles. The molecule has 3 rings (SSSR count). The number of phenols is 2. The Kier molecular flexibility index (Phi) is 2.82. The predicted molar refractivity (Wildman–Crippen MR) is 72.6 cm³/mol. The van der Waals surface area contributed by atoms with Crippen molar-refractivity contribution in [2.45, 2.75) is 25.4 Å². The maximum atomic E-state index is 9.54. The first-order valence-corrected chi connectivity index (χ1v) is 6.42. The van der Waals surface area contributed by atoms with Gasteiger partial charge in [-0.2, -0.15) is 0 Å². The van der Waals surface area contributed by atoms with Gasteiger partial charge >= 0.3 is 0 Å². The van der Waals surface area contributed by atoms with Crippen LogP contribution in [-0.2, 0) is 0 Å². The zero-order valence-electron chi connectivity index (χ0n) is 10.7. The Morgan fingerprint density at radius 3 is 2.42 bits per heavy atom. The summed E-state index contributed by atoms with van der Waals surface area (Å²) in [5.74, 6) is 1.69. The third-order valence-electron chi connectivity index (χ3n) is 3.63. The van der Waals surface area contributed by atoms with Crippen molar-refractivity contribution in [3.8, 4) is 17.2 Å². The highest BCUT2D eigenvalue weighted by Crippen LogP contribution is 2.43. The number of rotatable bonds is 1. The van der Waals surface area contributed by atoms with Gasteiger partial charge in [0.05, 0.1) is 0 Å². The number of phenolic OH excluding ortho intramolecular Hbond substituents is 2. The minimum atomic E-state index is -0.00681. The van der Waals surface area contributed by atoms with E-state index in [1.54, 1.807) is 24.3 Å². The van der Waals surface area contributed by atoms with E-state index in [1.807, 2.05) is 18.2 Å². The summed E-state index contributed by atoms with van der Waals surface area (Å²) in [6, 6.07) is 12.4. The van der Waals surface area contributed by atoms with Crippen LogP contribution in [0.25, 0.3) is 0 Å². The van der Waals surface area contributed by atoms with Crippen LogP contribution in [0.3, 0.4) is 0 Å². The van der Waals surface area contributed by atoms with E-state index < -0.39 is 0 Å². The van der Waals surface area contributed by atoms with E-state index in [4.69, 9.17) is 4.74 Å². The van der Waals surface area contributed by atoms with Crippen LogP contribution < -0.4 is 4.74 Å². The molecule has 0 aliphatic carbocycles. The molecule has 0 aromatic heterocycles. The quantitative estimate of drug-likeness (QED) is 0.817. The molecule has 2 atom stereocenters. The highest BCUT2D eigenvalue weighted by atomic mass is 16.5. The van der Waals surface area contributed by atoms with Gasteiger partial charge in [0, 0.05) is 5.56 Å². The maximum absolute atomic E-state index is 9.54. The van der Waals surface area contributed by atoms with Gasteiger partial charge in [-0.1, -0.05) is 19.1 Å². The van der Waals surface area contributed by atoms with Crippen molar-refractivity contribution in [3.63, 3.8) is 0 Å². The fourth-order valence-electron chi connectivity index (χ4n) is 2.57. The summed E-state index contributed by atoms with van der Waals surface area (Å²) in [4.78, 5) is 0. The summed E-state index contributed by atoms with van der Waals surface area (Å²) in [6.07, 6.45) is 0.856. The van der Waals surface area contributed by atoms with Crippen molar-refractivity contribution in [1.82, 2.24) is 0 Å². The minimum absolute atomic E-state index is 0.00681. The lowest BCUT2D eigenvalue weighted by Crippen LogP contribution is -2.17. The van der Waals surface area contributed by atoms with Crippen LogP contribution in [0.4, 0.5) is 0 Å². The van der Waals surface area contributed by atoms with E-state index in [1.165, 1.54) is 0 Å². The van der Waals surface area contributed by atoms with Gasteiger partial charge in [-0.3, -0.25) is 0 Å². The molecule has 1 heterocycles. The lowest BCUT2D eigenvalue weighted by molar-refractivity contribution is 0.163. The van der Waals surface area contributed by atoms with Gasteiger partial charge in [-0.15, -0.1) is 0 Å². The molecule has 0 spiro atoms. The first-order chi connectivity index (χ1) is 9.13. The summed E-state index contributed by atoms with van der Waals surface area (Å²) in [6.45, 7) is 2.13. The highest BCUT2D eigenvalue weighted by Gasteiger charge is 2.26. The fourth-order valence-corrected chi connectivity index (χ4v) is 2.57. The van der Waals surface area contributed by atoms with Crippen molar-refractivity contribution >= 4 is 0 Å². The van der Waals surface area contributed by atoms with Crippen LogP contribution in [-0.4, -0.2) is 10.2 Å². The second-order valence-electron chi connectivity index (χ2n) is 5.06. The Balaban J connectivity index is 1.92. The van der Waals surface area contributed by atoms with Gasteiger partial charge in [0.2, 0.25) is 0 Å². The van der Waals surface area contributed by atoms with Crippen molar-refractivity contribution in [2.75, 3.05) is 0 Å². The summed E-state index contributed by atoms with van der Waals surface area (Å²) in [7, 11) is 0. The smallest absolute Gasteiger partial charge is 0.124 e.